The standard InChI is InChI=1S/C33H41NO4/c1-5-33(37-4)28-31-13-14-34(17-21-9-10-21)25(16-22-11-12-24(35)27(38-28)26(22)31)29(31,3)18-30(33)19-32(30,36)23-8-6-7-20(2)15-23/h6-8,11-12,15,21,25,28,35-36H,5,9-10,13-14,16-19H2,1-4H3/t25-,28-,29-,30?,31+,32-,33+/m1/s1. The summed E-state index contributed by atoms with van der Waals surface area (Å²) in [5, 5.41) is 23.7. The summed E-state index contributed by atoms with van der Waals surface area (Å²) in [5.74, 6) is 1.75. The predicted octanol–water partition coefficient (Wildman–Crippen LogP) is 5.22. The number of likely N-dealkylation sites (tertiary alicyclic amines) is 1. The molecule has 2 aromatic carbocycles. The molecule has 1 saturated heterocycles. The van der Waals surface area contributed by atoms with E-state index in [1.54, 1.807) is 0 Å². The average Bonchev–Trinajstić information content (AvgIpc) is 3.78. The zero-order valence-electron chi connectivity index (χ0n) is 23.2. The number of phenols is 1. The zero-order valence-corrected chi connectivity index (χ0v) is 23.2. The third-order valence-corrected chi connectivity index (χ3v) is 12.5. The summed E-state index contributed by atoms with van der Waals surface area (Å²) in [7, 11) is 1.83. The number of rotatable bonds is 5. The number of aryl methyl sites for hydroxylation is 1. The fourth-order valence-corrected chi connectivity index (χ4v) is 10.6. The van der Waals surface area contributed by atoms with Crippen LogP contribution in [0.1, 0.15) is 74.6 Å². The molecule has 38 heavy (non-hydrogen) atoms. The van der Waals surface area contributed by atoms with Crippen LogP contribution in [-0.2, 0) is 22.2 Å². The molecule has 0 aromatic heterocycles. The van der Waals surface area contributed by atoms with Crippen molar-refractivity contribution in [3.63, 3.8) is 0 Å². The Morgan fingerprint density at radius 2 is 1.97 bits per heavy atom. The van der Waals surface area contributed by atoms with Crippen molar-refractivity contribution >= 4 is 0 Å². The molecule has 4 aliphatic carbocycles. The maximum Gasteiger partial charge on any atom is 0.165 e. The Bertz CT molecular complexity index is 1350. The first-order valence-corrected chi connectivity index (χ1v) is 14.8. The molecular weight excluding hydrogens is 474 g/mol. The molecule has 2 aromatic rings. The molecule has 3 saturated carbocycles. The minimum absolute atomic E-state index is 0.109. The molecule has 8 rings (SSSR count). The van der Waals surface area contributed by atoms with Crippen LogP contribution < -0.4 is 4.74 Å². The largest absolute Gasteiger partial charge is 0.504 e. The highest BCUT2D eigenvalue weighted by Crippen LogP contribution is 2.83. The fraction of sp³-hybridized carbons (Fsp3) is 0.636. The molecule has 4 fully saturated rings. The van der Waals surface area contributed by atoms with Gasteiger partial charge in [-0.2, -0.15) is 0 Å². The van der Waals surface area contributed by atoms with Crippen LogP contribution >= 0.6 is 0 Å². The number of ether oxygens (including phenoxy) is 2. The van der Waals surface area contributed by atoms with Gasteiger partial charge in [-0.25, -0.2) is 0 Å². The van der Waals surface area contributed by atoms with Crippen molar-refractivity contribution in [2.75, 3.05) is 20.2 Å². The molecule has 5 nitrogen and oxygen atoms in total. The molecule has 2 N–H and O–H groups in total. The van der Waals surface area contributed by atoms with Gasteiger partial charge in [0.25, 0.3) is 0 Å². The fourth-order valence-electron chi connectivity index (χ4n) is 10.6. The number of aliphatic hydroxyl groups is 1. The van der Waals surface area contributed by atoms with Crippen LogP contribution in [-0.4, -0.2) is 53.1 Å². The van der Waals surface area contributed by atoms with Crippen molar-refractivity contribution in [1.82, 2.24) is 4.90 Å². The molecule has 2 bridgehead atoms. The van der Waals surface area contributed by atoms with E-state index in [9.17, 15) is 10.2 Å². The van der Waals surface area contributed by atoms with Gasteiger partial charge in [-0.05, 0) is 86.9 Å². The molecule has 2 aliphatic heterocycles. The smallest absolute Gasteiger partial charge is 0.165 e. The third-order valence-electron chi connectivity index (χ3n) is 12.5. The summed E-state index contributed by atoms with van der Waals surface area (Å²) in [4.78, 5) is 2.79. The quantitative estimate of drug-likeness (QED) is 0.572. The number of benzene rings is 2. The van der Waals surface area contributed by atoms with Crippen molar-refractivity contribution in [3.05, 3.63) is 58.7 Å². The summed E-state index contributed by atoms with van der Waals surface area (Å²) in [6.07, 6.45) is 6.76. The first kappa shape index (κ1) is 23.8. The second-order valence-corrected chi connectivity index (χ2v) is 13.9. The van der Waals surface area contributed by atoms with E-state index in [2.05, 4.69) is 56.0 Å². The van der Waals surface area contributed by atoms with E-state index in [1.807, 2.05) is 13.2 Å². The van der Waals surface area contributed by atoms with Gasteiger partial charge in [-0.1, -0.05) is 49.7 Å². The summed E-state index contributed by atoms with van der Waals surface area (Å²) in [6, 6.07) is 12.8. The van der Waals surface area contributed by atoms with Gasteiger partial charge in [-0.15, -0.1) is 0 Å². The Morgan fingerprint density at radius 3 is 2.68 bits per heavy atom. The normalized spacial score (nSPS) is 44.1. The van der Waals surface area contributed by atoms with E-state index in [0.29, 0.717) is 18.2 Å². The number of aromatic hydroxyl groups is 1. The predicted molar refractivity (Wildman–Crippen MR) is 145 cm³/mol. The first-order valence-electron chi connectivity index (χ1n) is 14.8. The lowest BCUT2D eigenvalue weighted by Gasteiger charge is -2.70. The third kappa shape index (κ3) is 2.43. The van der Waals surface area contributed by atoms with Crippen molar-refractivity contribution in [1.29, 1.82) is 0 Å². The lowest BCUT2D eigenvalue weighted by Crippen LogP contribution is -2.78. The molecule has 2 spiro atoms. The number of phenolic OH excluding ortho intramolecular Hbond substituents is 1. The zero-order chi connectivity index (χ0) is 26.3. The maximum atomic E-state index is 12.6. The van der Waals surface area contributed by atoms with Crippen LogP contribution in [0.5, 0.6) is 11.5 Å². The van der Waals surface area contributed by atoms with Crippen molar-refractivity contribution in [3.8, 4) is 11.5 Å². The van der Waals surface area contributed by atoms with Gasteiger partial charge in [0, 0.05) is 36.1 Å². The summed E-state index contributed by atoms with van der Waals surface area (Å²) in [5.41, 5.74) is 2.30. The van der Waals surface area contributed by atoms with Gasteiger partial charge in [0.15, 0.2) is 11.5 Å². The number of hydrogen-bond donors (Lipinski definition) is 2. The van der Waals surface area contributed by atoms with Gasteiger partial charge in [0.2, 0.25) is 0 Å². The Labute approximate surface area is 226 Å². The van der Waals surface area contributed by atoms with Crippen molar-refractivity contribution in [2.45, 2.75) is 94.5 Å². The molecule has 6 aliphatic rings. The Balaban J connectivity index is 1.37. The van der Waals surface area contributed by atoms with Gasteiger partial charge >= 0.3 is 0 Å². The molecule has 2 heterocycles. The van der Waals surface area contributed by atoms with Crippen LogP contribution in [0, 0.1) is 23.7 Å². The molecule has 202 valence electrons. The number of hydrogen-bond acceptors (Lipinski definition) is 5. The molecule has 1 unspecified atom stereocenters. The minimum Gasteiger partial charge on any atom is -0.504 e. The Kier molecular flexibility index (Phi) is 4.48. The lowest BCUT2D eigenvalue weighted by atomic mass is 9.39. The second-order valence-electron chi connectivity index (χ2n) is 13.9. The van der Waals surface area contributed by atoms with E-state index >= 15 is 0 Å². The van der Waals surface area contributed by atoms with Crippen molar-refractivity contribution in [2.24, 2.45) is 16.7 Å². The molecule has 7 atom stereocenters. The molecule has 5 heteroatoms. The molecule has 0 amide bonds. The SMILES string of the molecule is CC[C@]1(OC)[C@@H]2Oc3c(O)ccc4c3[C@@]23CCN(CC2CC2)[C@H](C4)[C@@]3(C)CC12C[C@@]2(O)c1cccc(C)c1. The van der Waals surface area contributed by atoms with E-state index in [0.717, 1.165) is 43.7 Å². The maximum absolute atomic E-state index is 12.6. The first-order chi connectivity index (χ1) is 18.2. The second kappa shape index (κ2) is 7.16. The van der Waals surface area contributed by atoms with Crippen LogP contribution in [0.25, 0.3) is 0 Å². The molecule has 0 radical (unpaired) electrons. The highest BCUT2D eigenvalue weighted by molar-refractivity contribution is 5.63. The summed E-state index contributed by atoms with van der Waals surface area (Å²) in [6.45, 7) is 9.05. The average molecular weight is 516 g/mol. The van der Waals surface area contributed by atoms with E-state index < -0.39 is 16.6 Å². The monoisotopic (exact) mass is 515 g/mol. The van der Waals surface area contributed by atoms with Crippen LogP contribution in [0.2, 0.25) is 0 Å². The number of piperidine rings is 1. The van der Waals surface area contributed by atoms with Gasteiger partial charge in [0.05, 0.1) is 5.60 Å². The number of methoxy groups -OCH3 is 1. The van der Waals surface area contributed by atoms with E-state index in [1.165, 1.54) is 36.1 Å². The topological polar surface area (TPSA) is 62.2 Å². The highest BCUT2D eigenvalue weighted by Gasteiger charge is 2.88. The Hall–Kier alpha value is -2.08. The van der Waals surface area contributed by atoms with Gasteiger partial charge < -0.3 is 19.7 Å². The van der Waals surface area contributed by atoms with E-state index in [4.69, 9.17) is 9.47 Å². The molecular formula is C33H41NO4. The minimum atomic E-state index is -0.967. The summed E-state index contributed by atoms with van der Waals surface area (Å²) >= 11 is 0. The summed E-state index contributed by atoms with van der Waals surface area (Å²) < 4.78 is 13.7. The van der Waals surface area contributed by atoms with Crippen molar-refractivity contribution < 1.29 is 19.7 Å². The van der Waals surface area contributed by atoms with Gasteiger partial charge in [-0.3, -0.25) is 4.90 Å². The Morgan fingerprint density at radius 1 is 1.16 bits per heavy atom. The highest BCUT2D eigenvalue weighted by atomic mass is 16.6. The van der Waals surface area contributed by atoms with Crippen LogP contribution in [0.15, 0.2) is 36.4 Å². The van der Waals surface area contributed by atoms with E-state index in [-0.39, 0.29) is 22.7 Å². The van der Waals surface area contributed by atoms with Crippen LogP contribution in [0.4, 0.5) is 0 Å². The lowest BCUT2D eigenvalue weighted by molar-refractivity contribution is -0.256. The van der Waals surface area contributed by atoms with Gasteiger partial charge in [0.1, 0.15) is 11.7 Å². The number of nitrogens with zero attached hydrogens (tertiary/aromatic N) is 1. The van der Waals surface area contributed by atoms with Crippen LogP contribution in [0.3, 0.4) is 0 Å².